The minimum absolute atomic E-state index is 0.205. The normalized spacial score (nSPS) is 35.2. The molecule has 3 fully saturated rings. The number of nitrogens with zero attached hydrogens (tertiary/aromatic N) is 1. The van der Waals surface area contributed by atoms with Gasteiger partial charge >= 0.3 is 0 Å². The molecular formula is C22H37NO3. The Labute approximate surface area is 158 Å². The second-order valence-corrected chi connectivity index (χ2v) is 8.87. The van der Waals surface area contributed by atoms with Crippen molar-refractivity contribution < 1.29 is 14.9 Å². The van der Waals surface area contributed by atoms with E-state index < -0.39 is 0 Å². The van der Waals surface area contributed by atoms with E-state index in [9.17, 15) is 10.2 Å². The summed E-state index contributed by atoms with van der Waals surface area (Å²) in [6, 6.07) is 0. The van der Waals surface area contributed by atoms with Gasteiger partial charge in [0.05, 0.1) is 25.4 Å². The molecule has 3 aliphatic carbocycles. The van der Waals surface area contributed by atoms with Crippen molar-refractivity contribution in [3.63, 3.8) is 0 Å². The van der Waals surface area contributed by atoms with Crippen LogP contribution in [0.15, 0.2) is 23.8 Å². The van der Waals surface area contributed by atoms with Gasteiger partial charge in [0.1, 0.15) is 0 Å². The number of fused-ring (bicyclic) bond motifs is 1. The number of hydrogen-bond donors (Lipinski definition) is 2. The van der Waals surface area contributed by atoms with Crippen LogP contribution >= 0.6 is 0 Å². The lowest BCUT2D eigenvalue weighted by Gasteiger charge is -2.19. The maximum absolute atomic E-state index is 10.5. The van der Waals surface area contributed by atoms with Gasteiger partial charge in [0.25, 0.3) is 0 Å². The van der Waals surface area contributed by atoms with E-state index in [1.165, 1.54) is 18.4 Å². The first-order valence-electron chi connectivity index (χ1n) is 10.5. The van der Waals surface area contributed by atoms with Crippen LogP contribution in [0.5, 0.6) is 0 Å². The monoisotopic (exact) mass is 363 g/mol. The van der Waals surface area contributed by atoms with Crippen molar-refractivity contribution in [2.45, 2.75) is 57.2 Å². The molecule has 0 bridgehead atoms. The van der Waals surface area contributed by atoms with Crippen LogP contribution in [0.4, 0.5) is 0 Å². The topological polar surface area (TPSA) is 52.9 Å². The fourth-order valence-corrected chi connectivity index (χ4v) is 5.15. The third kappa shape index (κ3) is 5.19. The largest absolute Gasteiger partial charge is 0.392 e. The van der Waals surface area contributed by atoms with E-state index in [2.05, 4.69) is 31.1 Å². The smallest absolute Gasteiger partial charge is 0.0749 e. The molecule has 3 saturated carbocycles. The SMILES string of the molecule is CN(C)CCOCC=C1C[C@H]2C[C@@H](O)[C@H](C=C[C@@H](O)C3CCCC3)[C@H]2C1. The van der Waals surface area contributed by atoms with Gasteiger partial charge in [-0.05, 0) is 64.0 Å². The molecule has 4 heteroatoms. The highest BCUT2D eigenvalue weighted by atomic mass is 16.5. The molecule has 148 valence electrons. The van der Waals surface area contributed by atoms with Crippen LogP contribution in [-0.2, 0) is 4.74 Å². The van der Waals surface area contributed by atoms with Crippen LogP contribution in [0.2, 0.25) is 0 Å². The molecule has 0 heterocycles. The maximum atomic E-state index is 10.5. The summed E-state index contributed by atoms with van der Waals surface area (Å²) >= 11 is 0. The second-order valence-electron chi connectivity index (χ2n) is 8.87. The number of allylic oxidation sites excluding steroid dienone is 1. The van der Waals surface area contributed by atoms with Gasteiger partial charge in [0.2, 0.25) is 0 Å². The highest BCUT2D eigenvalue weighted by Gasteiger charge is 2.45. The number of rotatable bonds is 8. The quantitative estimate of drug-likeness (QED) is 0.514. The van der Waals surface area contributed by atoms with Crippen molar-refractivity contribution in [2.75, 3.05) is 33.9 Å². The summed E-state index contributed by atoms with van der Waals surface area (Å²) in [6.07, 6.45) is 13.7. The summed E-state index contributed by atoms with van der Waals surface area (Å²) in [5, 5.41) is 20.9. The zero-order valence-corrected chi connectivity index (χ0v) is 16.5. The molecule has 0 amide bonds. The van der Waals surface area contributed by atoms with Gasteiger partial charge in [-0.15, -0.1) is 0 Å². The number of ether oxygens (including phenoxy) is 1. The fraction of sp³-hybridized carbons (Fsp3) is 0.818. The molecule has 3 rings (SSSR count). The van der Waals surface area contributed by atoms with E-state index in [-0.39, 0.29) is 18.1 Å². The minimum atomic E-state index is -0.328. The van der Waals surface area contributed by atoms with Crippen molar-refractivity contribution in [3.8, 4) is 0 Å². The van der Waals surface area contributed by atoms with E-state index in [0.717, 1.165) is 45.3 Å². The molecular weight excluding hydrogens is 326 g/mol. The Bertz CT molecular complexity index is 496. The Morgan fingerprint density at radius 2 is 2.00 bits per heavy atom. The first kappa shape index (κ1) is 20.1. The van der Waals surface area contributed by atoms with E-state index in [4.69, 9.17) is 4.74 Å². The minimum Gasteiger partial charge on any atom is -0.392 e. The van der Waals surface area contributed by atoms with Gasteiger partial charge in [-0.2, -0.15) is 0 Å². The third-order valence-electron chi connectivity index (χ3n) is 6.70. The van der Waals surface area contributed by atoms with Crippen LogP contribution in [0, 0.1) is 23.7 Å². The summed E-state index contributed by atoms with van der Waals surface area (Å²) in [6.45, 7) is 2.43. The number of hydrogen-bond acceptors (Lipinski definition) is 4. The van der Waals surface area contributed by atoms with Crippen LogP contribution in [0.3, 0.4) is 0 Å². The van der Waals surface area contributed by atoms with Crippen LogP contribution in [0.25, 0.3) is 0 Å². The fourth-order valence-electron chi connectivity index (χ4n) is 5.15. The van der Waals surface area contributed by atoms with Crippen LogP contribution < -0.4 is 0 Å². The van der Waals surface area contributed by atoms with Gasteiger partial charge in [-0.1, -0.05) is 36.6 Å². The van der Waals surface area contributed by atoms with Crippen molar-refractivity contribution in [1.29, 1.82) is 0 Å². The molecule has 0 spiro atoms. The van der Waals surface area contributed by atoms with Crippen molar-refractivity contribution in [2.24, 2.45) is 23.7 Å². The van der Waals surface area contributed by atoms with E-state index in [1.54, 1.807) is 0 Å². The molecule has 0 aliphatic heterocycles. The van der Waals surface area contributed by atoms with Gasteiger partial charge < -0.3 is 19.8 Å². The Balaban J connectivity index is 1.48. The molecule has 0 aromatic carbocycles. The van der Waals surface area contributed by atoms with E-state index in [1.807, 2.05) is 6.08 Å². The number of likely N-dealkylation sites (N-methyl/N-ethyl adjacent to an activating group) is 1. The molecule has 3 aliphatic rings. The Hall–Kier alpha value is -0.680. The highest BCUT2D eigenvalue weighted by Crippen LogP contribution is 2.50. The molecule has 0 aromatic heterocycles. The standard InChI is InChI=1S/C22H37NO3/c1-23(2)10-12-26-11-9-16-13-18-15-22(25)19(20(18)14-16)7-8-21(24)17-5-3-4-6-17/h7-9,17-22,24-25H,3-6,10-15H2,1-2H3/t18-,19+,20-,21+,22+/m0/s1. The Morgan fingerprint density at radius 1 is 1.23 bits per heavy atom. The first-order valence-corrected chi connectivity index (χ1v) is 10.5. The molecule has 0 saturated heterocycles. The zero-order chi connectivity index (χ0) is 18.5. The van der Waals surface area contributed by atoms with E-state index in [0.29, 0.717) is 24.4 Å². The second kappa shape index (κ2) is 9.50. The average molecular weight is 364 g/mol. The van der Waals surface area contributed by atoms with Gasteiger partial charge in [-0.25, -0.2) is 0 Å². The molecule has 0 unspecified atom stereocenters. The summed E-state index contributed by atoms with van der Waals surface area (Å²) in [5.74, 6) is 1.76. The summed E-state index contributed by atoms with van der Waals surface area (Å²) in [5.41, 5.74) is 1.49. The Kier molecular flexibility index (Phi) is 7.33. The van der Waals surface area contributed by atoms with Crippen molar-refractivity contribution in [1.82, 2.24) is 4.90 Å². The third-order valence-corrected chi connectivity index (χ3v) is 6.70. The lowest BCUT2D eigenvalue weighted by atomic mass is 9.89. The molecule has 2 N–H and O–H groups in total. The van der Waals surface area contributed by atoms with Gasteiger partial charge in [-0.3, -0.25) is 0 Å². The lowest BCUT2D eigenvalue weighted by Crippen LogP contribution is -2.19. The lowest BCUT2D eigenvalue weighted by molar-refractivity contribution is 0.135. The predicted molar refractivity (Wildman–Crippen MR) is 105 cm³/mol. The summed E-state index contributed by atoms with van der Waals surface area (Å²) in [4.78, 5) is 2.13. The van der Waals surface area contributed by atoms with E-state index >= 15 is 0 Å². The van der Waals surface area contributed by atoms with Crippen LogP contribution in [0.1, 0.15) is 44.9 Å². The molecule has 0 aromatic rings. The van der Waals surface area contributed by atoms with Crippen LogP contribution in [-0.4, -0.2) is 61.2 Å². The molecule has 0 radical (unpaired) electrons. The zero-order valence-electron chi connectivity index (χ0n) is 16.5. The summed E-state index contributed by atoms with van der Waals surface area (Å²) in [7, 11) is 4.12. The first-order chi connectivity index (χ1) is 12.5. The molecule has 26 heavy (non-hydrogen) atoms. The van der Waals surface area contributed by atoms with Gasteiger partial charge in [0, 0.05) is 12.5 Å². The average Bonchev–Trinajstić information content (AvgIpc) is 3.29. The number of aliphatic hydroxyl groups is 2. The number of aliphatic hydroxyl groups excluding tert-OH is 2. The molecule has 4 nitrogen and oxygen atoms in total. The molecule has 5 atom stereocenters. The van der Waals surface area contributed by atoms with Gasteiger partial charge in [0.15, 0.2) is 0 Å². The predicted octanol–water partition coefficient (Wildman–Crippen LogP) is 3.01. The van der Waals surface area contributed by atoms with Crippen molar-refractivity contribution in [3.05, 3.63) is 23.8 Å². The summed E-state index contributed by atoms with van der Waals surface area (Å²) < 4.78 is 5.70. The van der Waals surface area contributed by atoms with Crippen molar-refractivity contribution >= 4 is 0 Å². The highest BCUT2D eigenvalue weighted by molar-refractivity contribution is 5.18. The maximum Gasteiger partial charge on any atom is 0.0749 e. The Morgan fingerprint density at radius 3 is 2.73 bits per heavy atom.